The molecule has 1 rings (SSSR count). The van der Waals surface area contributed by atoms with Gasteiger partial charge in [0.15, 0.2) is 0 Å². The first-order valence-corrected chi connectivity index (χ1v) is 8.88. The molecule has 0 unspecified atom stereocenters. The van der Waals surface area contributed by atoms with Crippen molar-refractivity contribution in [2.75, 3.05) is 6.61 Å². The van der Waals surface area contributed by atoms with Crippen LogP contribution in [0.15, 0.2) is 11.1 Å². The van der Waals surface area contributed by atoms with Gasteiger partial charge in [0.05, 0.1) is 18.5 Å². The van der Waals surface area contributed by atoms with Gasteiger partial charge in [-0.3, -0.25) is 4.68 Å². The summed E-state index contributed by atoms with van der Waals surface area (Å²) < 4.78 is 30.1. The number of hydrogen-bond donors (Lipinski definition) is 0. The first kappa shape index (κ1) is 16.5. The summed E-state index contributed by atoms with van der Waals surface area (Å²) in [6.07, 6.45) is 5.24. The minimum Gasteiger partial charge on any atom is -0.375 e. The standard InChI is InChI=1S/C12H21ClN2O3S/c1-3-5-7-15-11(10-18-8-6-4-2)12(9-14-15)19(13,16)17/h9H,3-8,10H2,1-2H3. The van der Waals surface area contributed by atoms with Gasteiger partial charge in [0, 0.05) is 23.8 Å². The van der Waals surface area contributed by atoms with Crippen molar-refractivity contribution in [1.82, 2.24) is 9.78 Å². The third-order valence-corrected chi connectivity index (χ3v) is 4.14. The van der Waals surface area contributed by atoms with Gasteiger partial charge in [-0.25, -0.2) is 8.42 Å². The van der Waals surface area contributed by atoms with Gasteiger partial charge >= 0.3 is 0 Å². The zero-order valence-corrected chi connectivity index (χ0v) is 13.0. The van der Waals surface area contributed by atoms with Crippen LogP contribution in [0.4, 0.5) is 0 Å². The molecule has 0 aliphatic carbocycles. The molecule has 1 aromatic heterocycles. The van der Waals surface area contributed by atoms with Gasteiger partial charge in [-0.2, -0.15) is 5.10 Å². The van der Waals surface area contributed by atoms with Crippen LogP contribution in [0, 0.1) is 0 Å². The van der Waals surface area contributed by atoms with Crippen molar-refractivity contribution in [3.63, 3.8) is 0 Å². The predicted molar refractivity (Wildman–Crippen MR) is 74.7 cm³/mol. The third kappa shape index (κ3) is 5.12. The quantitative estimate of drug-likeness (QED) is 0.520. The van der Waals surface area contributed by atoms with Gasteiger partial charge in [0.25, 0.3) is 9.05 Å². The Morgan fingerprint density at radius 2 is 2.00 bits per heavy atom. The Morgan fingerprint density at radius 1 is 1.32 bits per heavy atom. The largest absolute Gasteiger partial charge is 0.375 e. The molecule has 0 spiro atoms. The fraction of sp³-hybridized carbons (Fsp3) is 0.750. The summed E-state index contributed by atoms with van der Waals surface area (Å²) in [6, 6.07) is 0. The van der Waals surface area contributed by atoms with Crippen molar-refractivity contribution in [1.29, 1.82) is 0 Å². The monoisotopic (exact) mass is 308 g/mol. The zero-order valence-electron chi connectivity index (χ0n) is 11.4. The lowest BCUT2D eigenvalue weighted by molar-refractivity contribution is 0.110. The SMILES string of the molecule is CCCCOCc1c(S(=O)(=O)Cl)cnn1CCCC. The summed E-state index contributed by atoms with van der Waals surface area (Å²) in [7, 11) is 1.64. The molecule has 19 heavy (non-hydrogen) atoms. The Labute approximate surface area is 119 Å². The molecule has 0 aromatic carbocycles. The summed E-state index contributed by atoms with van der Waals surface area (Å²) in [5, 5.41) is 4.09. The third-order valence-electron chi connectivity index (χ3n) is 2.78. The summed E-state index contributed by atoms with van der Waals surface area (Å²) in [5.74, 6) is 0. The van der Waals surface area contributed by atoms with E-state index in [-0.39, 0.29) is 11.5 Å². The smallest absolute Gasteiger partial charge is 0.264 e. The maximum Gasteiger partial charge on any atom is 0.264 e. The van der Waals surface area contributed by atoms with Crippen molar-refractivity contribution in [2.24, 2.45) is 0 Å². The van der Waals surface area contributed by atoms with Crippen LogP contribution >= 0.6 is 10.7 Å². The molecule has 110 valence electrons. The van der Waals surface area contributed by atoms with E-state index in [2.05, 4.69) is 18.9 Å². The average Bonchev–Trinajstić information content (AvgIpc) is 2.75. The maximum atomic E-state index is 11.5. The molecule has 1 aromatic rings. The summed E-state index contributed by atoms with van der Waals surface area (Å²) in [5.41, 5.74) is 0.541. The number of unbranched alkanes of at least 4 members (excludes halogenated alkanes) is 2. The van der Waals surface area contributed by atoms with Crippen molar-refractivity contribution >= 4 is 19.7 Å². The number of hydrogen-bond acceptors (Lipinski definition) is 4. The number of aryl methyl sites for hydroxylation is 1. The highest BCUT2D eigenvalue weighted by Gasteiger charge is 2.21. The number of nitrogens with zero attached hydrogens (tertiary/aromatic N) is 2. The Bertz CT molecular complexity index is 485. The van der Waals surface area contributed by atoms with Crippen molar-refractivity contribution in [2.45, 2.75) is 57.6 Å². The van der Waals surface area contributed by atoms with Gasteiger partial charge < -0.3 is 4.74 Å². The van der Waals surface area contributed by atoms with Crippen molar-refractivity contribution in [3.05, 3.63) is 11.9 Å². The van der Waals surface area contributed by atoms with Gasteiger partial charge in [0.1, 0.15) is 4.90 Å². The summed E-state index contributed by atoms with van der Waals surface area (Å²) in [6.45, 7) is 5.65. The molecule has 0 amide bonds. The molecule has 7 heteroatoms. The molecule has 5 nitrogen and oxygen atoms in total. The van der Waals surface area contributed by atoms with Gasteiger partial charge in [-0.1, -0.05) is 26.7 Å². The van der Waals surface area contributed by atoms with Crippen LogP contribution in [0.1, 0.15) is 45.2 Å². The Morgan fingerprint density at radius 3 is 2.58 bits per heavy atom. The Balaban J connectivity index is 2.84. The zero-order chi connectivity index (χ0) is 14.3. The van der Waals surface area contributed by atoms with E-state index >= 15 is 0 Å². The molecule has 0 saturated heterocycles. The first-order valence-electron chi connectivity index (χ1n) is 6.57. The average molecular weight is 309 g/mol. The van der Waals surface area contributed by atoms with Crippen LogP contribution < -0.4 is 0 Å². The fourth-order valence-corrected chi connectivity index (χ4v) is 2.66. The van der Waals surface area contributed by atoms with E-state index in [1.54, 1.807) is 4.68 Å². The second kappa shape index (κ2) is 7.87. The molecule has 0 aliphatic rings. The van der Waals surface area contributed by atoms with Gasteiger partial charge in [0.2, 0.25) is 0 Å². The molecule has 0 fully saturated rings. The molecular formula is C12H21ClN2O3S. The predicted octanol–water partition coefficient (Wildman–Crippen LogP) is 2.93. The second-order valence-electron chi connectivity index (χ2n) is 4.38. The van der Waals surface area contributed by atoms with Crippen LogP contribution in [0.3, 0.4) is 0 Å². The first-order chi connectivity index (χ1) is 9.00. The minimum absolute atomic E-state index is 0.0572. The fourth-order valence-electron chi connectivity index (χ4n) is 1.66. The van der Waals surface area contributed by atoms with E-state index in [1.807, 2.05) is 0 Å². The van der Waals surface area contributed by atoms with Crippen molar-refractivity contribution < 1.29 is 13.2 Å². The molecule has 0 radical (unpaired) electrons. The van der Waals surface area contributed by atoms with E-state index in [0.29, 0.717) is 18.8 Å². The molecule has 0 saturated carbocycles. The van der Waals surface area contributed by atoms with Crippen LogP contribution in [-0.2, 0) is 26.9 Å². The normalized spacial score (nSPS) is 11.9. The van der Waals surface area contributed by atoms with E-state index in [1.165, 1.54) is 6.20 Å². The van der Waals surface area contributed by atoms with Crippen LogP contribution in [0.2, 0.25) is 0 Å². The molecule has 0 bridgehead atoms. The second-order valence-corrected chi connectivity index (χ2v) is 6.91. The lowest BCUT2D eigenvalue weighted by Gasteiger charge is -2.09. The van der Waals surface area contributed by atoms with Gasteiger partial charge in [-0.05, 0) is 12.8 Å². The molecule has 0 atom stereocenters. The summed E-state index contributed by atoms with van der Waals surface area (Å²) >= 11 is 0. The molecule has 1 heterocycles. The van der Waals surface area contributed by atoms with E-state index in [9.17, 15) is 8.42 Å². The van der Waals surface area contributed by atoms with E-state index < -0.39 is 9.05 Å². The van der Waals surface area contributed by atoms with Crippen molar-refractivity contribution in [3.8, 4) is 0 Å². The van der Waals surface area contributed by atoms with Crippen LogP contribution in [-0.4, -0.2) is 24.8 Å². The maximum absolute atomic E-state index is 11.5. The lowest BCUT2D eigenvalue weighted by Crippen LogP contribution is -2.09. The molecule has 0 aliphatic heterocycles. The highest BCUT2D eigenvalue weighted by atomic mass is 35.7. The lowest BCUT2D eigenvalue weighted by atomic mass is 10.3. The van der Waals surface area contributed by atoms with E-state index in [0.717, 1.165) is 25.7 Å². The number of aromatic nitrogens is 2. The molecule has 0 N–H and O–H groups in total. The highest BCUT2D eigenvalue weighted by molar-refractivity contribution is 8.13. The highest BCUT2D eigenvalue weighted by Crippen LogP contribution is 2.21. The van der Waals surface area contributed by atoms with Gasteiger partial charge in [-0.15, -0.1) is 0 Å². The number of halogens is 1. The van der Waals surface area contributed by atoms with Crippen LogP contribution in [0.5, 0.6) is 0 Å². The number of rotatable bonds is 9. The molecular weight excluding hydrogens is 288 g/mol. The Hall–Kier alpha value is -0.590. The van der Waals surface area contributed by atoms with E-state index in [4.69, 9.17) is 15.4 Å². The minimum atomic E-state index is -3.77. The Kier molecular flexibility index (Phi) is 6.82. The number of ether oxygens (including phenoxy) is 1. The summed E-state index contributed by atoms with van der Waals surface area (Å²) in [4.78, 5) is 0.0572. The topological polar surface area (TPSA) is 61.2 Å². The van der Waals surface area contributed by atoms with Crippen LogP contribution in [0.25, 0.3) is 0 Å².